The summed E-state index contributed by atoms with van der Waals surface area (Å²) < 4.78 is 60.1. The molecule has 0 spiro atoms. The fourth-order valence-corrected chi connectivity index (χ4v) is 12.3. The van der Waals surface area contributed by atoms with Gasteiger partial charge >= 0.3 is 0 Å². The van der Waals surface area contributed by atoms with E-state index in [9.17, 15) is 86.8 Å². The number of hydrogen-bond acceptors (Lipinski definition) is 29. The number of aliphatic hydroxyl groups is 18. The summed E-state index contributed by atoms with van der Waals surface area (Å²) >= 11 is 0. The van der Waals surface area contributed by atoms with Crippen molar-refractivity contribution in [3.05, 3.63) is 0 Å². The number of aliphatic hydroxyl groups excluding tert-OH is 18. The summed E-state index contributed by atoms with van der Waals surface area (Å²) in [6.45, 7) is 3.41. The fourth-order valence-electron chi connectivity index (χ4n) is 12.3. The maximum Gasteiger partial charge on any atom is 0.187 e. The van der Waals surface area contributed by atoms with E-state index in [2.05, 4.69) is 13.8 Å². The predicted molar refractivity (Wildman–Crippen MR) is 330 cm³/mol. The van der Waals surface area contributed by atoms with Crippen LogP contribution in [0, 0.1) is 5.92 Å². The molecule has 5 heterocycles. The summed E-state index contributed by atoms with van der Waals surface area (Å²) in [6.07, 6.45) is -3.65. The van der Waals surface area contributed by atoms with Gasteiger partial charge in [0, 0.05) is 19.8 Å². The monoisotopic (exact) mass is 1350 g/mol. The van der Waals surface area contributed by atoms with E-state index in [4.69, 9.17) is 57.2 Å². The molecule has 1 aliphatic carbocycles. The van der Waals surface area contributed by atoms with Crippen LogP contribution in [0.1, 0.15) is 181 Å². The summed E-state index contributed by atoms with van der Waals surface area (Å²) in [5, 5.41) is 178. The maximum absolute atomic E-state index is 10.6. The molecule has 5 aliphatic heterocycles. The molecule has 1 saturated carbocycles. The Hall–Kier alpha value is -1.16. The zero-order valence-corrected chi connectivity index (χ0v) is 55.0. The van der Waals surface area contributed by atoms with Crippen LogP contribution in [0.3, 0.4) is 0 Å². The van der Waals surface area contributed by atoms with E-state index in [1.165, 1.54) is 122 Å². The van der Waals surface area contributed by atoms with Crippen LogP contribution in [0.15, 0.2) is 0 Å². The minimum atomic E-state index is -1.69. The van der Waals surface area contributed by atoms with E-state index in [-0.39, 0.29) is 6.61 Å². The zero-order chi connectivity index (χ0) is 68.2. The van der Waals surface area contributed by atoms with Crippen LogP contribution in [-0.4, -0.2) is 312 Å². The van der Waals surface area contributed by atoms with E-state index in [1.807, 2.05) is 0 Å². The van der Waals surface area contributed by atoms with Crippen molar-refractivity contribution in [1.29, 1.82) is 0 Å². The Morgan fingerprint density at radius 2 is 0.581 bits per heavy atom. The van der Waals surface area contributed by atoms with Crippen LogP contribution >= 0.6 is 0 Å². The van der Waals surface area contributed by atoms with Crippen LogP contribution in [0.25, 0.3) is 0 Å². The number of rotatable bonds is 40. The Balaban J connectivity index is 0.000000302. The molecule has 5 saturated heterocycles. The van der Waals surface area contributed by atoms with E-state index in [0.29, 0.717) is 26.4 Å². The van der Waals surface area contributed by atoms with Crippen LogP contribution in [0.2, 0.25) is 0 Å². The highest BCUT2D eigenvalue weighted by Gasteiger charge is 2.53. The standard InChI is InChI=1S/C23H42O11.C23H44O11.C18H36O7/c24-11-14-16(26)17(27)19(29)23(32-14)34-21-15(12-25)33-22(20(30)18(21)28)31-10-6-2-5-9-13-7-3-1-4-8-13;1-2-3-4-5-6-7-8-9-10-11-31-22-20(30)18(28)21(15(13-25)33-22)34-23-19(29)17(27)16(26)14(12-24)32-23;1-2-3-4-5-6-7-8-9-10-23-11-12-24-18-17(22)16(21)15(20)14(13-19)25-18/h13-30H,1-12H2;14-30H,2-13H2,1H3;14-22H,2-13H2,1H3/t2*14?,15?,16-,17-,18+,19?,20?,21+,22-,23+;14?,15-,16-,17?,18+/m111/s1. The van der Waals surface area contributed by atoms with Gasteiger partial charge in [0.2, 0.25) is 0 Å². The molecule has 18 N–H and O–H groups in total. The quantitative estimate of drug-likeness (QED) is 0.0323. The first-order chi connectivity index (χ1) is 44.8. The molecule has 6 fully saturated rings. The van der Waals surface area contributed by atoms with Crippen molar-refractivity contribution in [3.8, 4) is 0 Å². The molecule has 6 rings (SSSR count). The summed E-state index contributed by atoms with van der Waals surface area (Å²) in [5.74, 6) is 0.833. The lowest BCUT2D eigenvalue weighted by atomic mass is 9.86. The maximum atomic E-state index is 10.6. The second-order valence-corrected chi connectivity index (χ2v) is 25.6. The van der Waals surface area contributed by atoms with Crippen molar-refractivity contribution in [3.63, 3.8) is 0 Å². The van der Waals surface area contributed by atoms with Gasteiger partial charge in [-0.1, -0.05) is 162 Å². The summed E-state index contributed by atoms with van der Waals surface area (Å²) in [7, 11) is 0. The smallest absolute Gasteiger partial charge is 0.187 e. The van der Waals surface area contributed by atoms with Gasteiger partial charge in [0.05, 0.1) is 46.2 Å². The molecular formula is C64H122O29. The van der Waals surface area contributed by atoms with Crippen LogP contribution in [-0.2, 0) is 52.1 Å². The Bertz CT molecular complexity index is 1810. The highest BCUT2D eigenvalue weighted by Crippen LogP contribution is 2.33. The van der Waals surface area contributed by atoms with Crippen LogP contribution in [0.4, 0.5) is 0 Å². The first-order valence-corrected chi connectivity index (χ1v) is 34.7. The van der Waals surface area contributed by atoms with Crippen molar-refractivity contribution in [2.24, 2.45) is 5.92 Å². The lowest BCUT2D eigenvalue weighted by Crippen LogP contribution is -2.64. The largest absolute Gasteiger partial charge is 0.394 e. The van der Waals surface area contributed by atoms with Gasteiger partial charge in [-0.15, -0.1) is 0 Å². The second kappa shape index (κ2) is 47.8. The Morgan fingerprint density at radius 1 is 0.280 bits per heavy atom. The van der Waals surface area contributed by atoms with Crippen LogP contribution < -0.4 is 0 Å². The predicted octanol–water partition coefficient (Wildman–Crippen LogP) is -1.11. The third-order valence-electron chi connectivity index (χ3n) is 18.2. The first-order valence-electron chi connectivity index (χ1n) is 34.7. The molecule has 25 atom stereocenters. The molecule has 0 amide bonds. The van der Waals surface area contributed by atoms with Gasteiger partial charge in [0.15, 0.2) is 31.5 Å². The highest BCUT2D eigenvalue weighted by atomic mass is 16.8. The molecule has 29 heteroatoms. The lowest BCUT2D eigenvalue weighted by Gasteiger charge is -2.45. The van der Waals surface area contributed by atoms with E-state index >= 15 is 0 Å². The molecule has 10 unspecified atom stereocenters. The molecule has 29 nitrogen and oxygen atoms in total. The van der Waals surface area contributed by atoms with E-state index in [0.717, 1.165) is 50.9 Å². The fraction of sp³-hybridized carbons (Fsp3) is 1.00. The van der Waals surface area contributed by atoms with Gasteiger partial charge in [0.1, 0.15) is 122 Å². The van der Waals surface area contributed by atoms with Crippen molar-refractivity contribution in [1.82, 2.24) is 0 Å². The Morgan fingerprint density at radius 3 is 0.957 bits per heavy atom. The highest BCUT2D eigenvalue weighted by molar-refractivity contribution is 4.96. The number of ether oxygens (including phenoxy) is 11. The number of hydrogen-bond donors (Lipinski definition) is 18. The Labute approximate surface area is 548 Å². The molecule has 6 aliphatic rings. The average Bonchev–Trinajstić information content (AvgIpc) is 0.808. The van der Waals surface area contributed by atoms with Gasteiger partial charge < -0.3 is 144 Å². The molecule has 93 heavy (non-hydrogen) atoms. The molecule has 552 valence electrons. The average molecular weight is 1360 g/mol. The van der Waals surface area contributed by atoms with Gasteiger partial charge in [-0.2, -0.15) is 0 Å². The lowest BCUT2D eigenvalue weighted by molar-refractivity contribution is -0.359. The second-order valence-electron chi connectivity index (χ2n) is 25.6. The molecule has 0 bridgehead atoms. The third-order valence-corrected chi connectivity index (χ3v) is 18.2. The molecule has 0 aromatic rings. The van der Waals surface area contributed by atoms with Crippen molar-refractivity contribution in [2.75, 3.05) is 66.1 Å². The third kappa shape index (κ3) is 28.1. The topological polar surface area (TPSA) is 466 Å². The van der Waals surface area contributed by atoms with Gasteiger partial charge in [0.25, 0.3) is 0 Å². The van der Waals surface area contributed by atoms with Crippen molar-refractivity contribution in [2.45, 2.75) is 334 Å². The summed E-state index contributed by atoms with van der Waals surface area (Å²) in [5.41, 5.74) is 0. The minimum Gasteiger partial charge on any atom is -0.394 e. The zero-order valence-electron chi connectivity index (χ0n) is 55.0. The van der Waals surface area contributed by atoms with Crippen LogP contribution in [0.5, 0.6) is 0 Å². The van der Waals surface area contributed by atoms with Crippen molar-refractivity contribution >= 4 is 0 Å². The minimum absolute atomic E-state index is 0.208. The van der Waals surface area contributed by atoms with E-state index in [1.54, 1.807) is 0 Å². The normalized spacial score (nSPS) is 37.6. The van der Waals surface area contributed by atoms with E-state index < -0.39 is 187 Å². The van der Waals surface area contributed by atoms with Gasteiger partial charge in [-0.3, -0.25) is 0 Å². The summed E-state index contributed by atoms with van der Waals surface area (Å²) in [6, 6.07) is 0. The Kier molecular flexibility index (Phi) is 43.3. The first kappa shape index (κ1) is 84.3. The SMILES string of the molecule is CCCCCCCCCCCO[C@@H]1OC(CO)[C@H](O[C@@H]2OC(CO)[C@@H](O)[C@@H](O)C2O)[C@@H](O)C1O.CCCCCCCCCCOCCO[C@H]1OC(CO)[C@@H](O)[C@@H](O)C1O.OCC1O[C@@H](O[C@H]2C(CO)O[C@@H](OCCCCCC3CCCCC3)C(O)[C@@H]2O)C(O)[C@H](O)[C@@H]1O. The molecular weight excluding hydrogens is 1230 g/mol. The molecule has 0 aromatic carbocycles. The number of unbranched alkanes of at least 4 members (excludes halogenated alkanes) is 17. The van der Waals surface area contributed by atoms with Gasteiger partial charge in [-0.25, -0.2) is 0 Å². The molecule has 0 radical (unpaired) electrons. The summed E-state index contributed by atoms with van der Waals surface area (Å²) in [4.78, 5) is 0. The molecule has 0 aromatic heterocycles. The van der Waals surface area contributed by atoms with Crippen molar-refractivity contribution < 1.29 is 144 Å². The van der Waals surface area contributed by atoms with Gasteiger partial charge in [-0.05, 0) is 25.2 Å².